The third kappa shape index (κ3) is 9.76. The van der Waals surface area contributed by atoms with Gasteiger partial charge in [-0.1, -0.05) is 77.8 Å². The first kappa shape index (κ1) is 28.6. The average molecular weight is 559 g/mol. The maximum Gasteiger partial charge on any atom is 0.252 e. The molecular weight excluding hydrogens is 529 g/mol. The van der Waals surface area contributed by atoms with Gasteiger partial charge in [0.05, 0.1) is 5.25 Å². The van der Waals surface area contributed by atoms with Crippen LogP contribution in [-0.4, -0.2) is 42.1 Å². The van der Waals surface area contributed by atoms with Crippen LogP contribution in [0.5, 0.6) is 0 Å². The zero-order valence-corrected chi connectivity index (χ0v) is 22.5. The van der Waals surface area contributed by atoms with Crippen LogP contribution < -0.4 is 16.0 Å². The van der Waals surface area contributed by atoms with Crippen LogP contribution in [-0.2, 0) is 33.6 Å². The Morgan fingerprint density at radius 2 is 1.16 bits per heavy atom. The first-order valence-electron chi connectivity index (χ1n) is 11.9. The van der Waals surface area contributed by atoms with E-state index in [9.17, 15) is 14.4 Å². The van der Waals surface area contributed by atoms with Gasteiger partial charge in [-0.25, -0.2) is 0 Å². The topological polar surface area (TPSA) is 87.3 Å². The zero-order valence-electron chi connectivity index (χ0n) is 20.1. The van der Waals surface area contributed by atoms with Gasteiger partial charge in [0, 0.05) is 23.1 Å². The van der Waals surface area contributed by atoms with Crippen molar-refractivity contribution < 1.29 is 14.4 Å². The lowest BCUT2D eigenvalue weighted by Crippen LogP contribution is -2.57. The molecule has 3 amide bonds. The van der Waals surface area contributed by atoms with Crippen LogP contribution in [0.1, 0.15) is 16.7 Å². The van der Waals surface area contributed by atoms with E-state index in [1.165, 1.54) is 0 Å². The van der Waals surface area contributed by atoms with Crippen molar-refractivity contribution in [3.63, 3.8) is 0 Å². The van der Waals surface area contributed by atoms with Gasteiger partial charge < -0.3 is 16.0 Å². The molecule has 0 aliphatic heterocycles. The third-order valence-electron chi connectivity index (χ3n) is 5.59. The van der Waals surface area contributed by atoms with E-state index in [4.69, 9.17) is 23.2 Å². The van der Waals surface area contributed by atoms with Crippen LogP contribution in [0.4, 0.5) is 0 Å². The molecule has 3 aromatic carbocycles. The van der Waals surface area contributed by atoms with Gasteiger partial charge >= 0.3 is 0 Å². The van der Waals surface area contributed by atoms with E-state index in [1.54, 1.807) is 12.1 Å². The predicted octanol–water partition coefficient (Wildman–Crippen LogP) is 4.04. The molecule has 0 fully saturated rings. The number of benzene rings is 3. The van der Waals surface area contributed by atoms with Crippen LogP contribution in [0.15, 0.2) is 78.9 Å². The average Bonchev–Trinajstić information content (AvgIpc) is 2.87. The first-order valence-corrected chi connectivity index (χ1v) is 13.2. The van der Waals surface area contributed by atoms with Crippen molar-refractivity contribution in [2.45, 2.75) is 30.6 Å². The summed E-state index contributed by atoms with van der Waals surface area (Å²) in [4.78, 5) is 38.8. The Labute approximate surface area is 232 Å². The van der Waals surface area contributed by atoms with Crippen molar-refractivity contribution in [3.05, 3.63) is 106 Å². The quantitative estimate of drug-likeness (QED) is 0.200. The van der Waals surface area contributed by atoms with Gasteiger partial charge in [-0.2, -0.15) is 12.6 Å². The van der Waals surface area contributed by atoms with Gasteiger partial charge in [0.15, 0.2) is 6.04 Å². The molecular formula is C28H29Cl2N3O3S. The SMILES string of the molecule is O=C(NC(C(=O)NCCc1cccc(Cl)c1)C(=O)NCCc1cccc(Cl)c1)C(S)Cc1ccccc1. The fourth-order valence-electron chi connectivity index (χ4n) is 3.67. The highest BCUT2D eigenvalue weighted by molar-refractivity contribution is 7.81. The summed E-state index contributed by atoms with van der Waals surface area (Å²) in [5.41, 5.74) is 2.81. The summed E-state index contributed by atoms with van der Waals surface area (Å²) < 4.78 is 0. The second kappa shape index (κ2) is 14.7. The molecule has 0 aliphatic carbocycles. The predicted molar refractivity (Wildman–Crippen MR) is 151 cm³/mol. The fourth-order valence-corrected chi connectivity index (χ4v) is 4.38. The lowest BCUT2D eigenvalue weighted by Gasteiger charge is -2.20. The van der Waals surface area contributed by atoms with Gasteiger partial charge in [0.25, 0.3) is 11.8 Å². The molecule has 3 N–H and O–H groups in total. The molecule has 0 heterocycles. The Bertz CT molecular complexity index is 1150. The molecule has 0 bridgehead atoms. The number of thiol groups is 1. The number of nitrogens with one attached hydrogen (secondary N) is 3. The van der Waals surface area contributed by atoms with Gasteiger partial charge in [0.1, 0.15) is 0 Å². The Morgan fingerprint density at radius 1 is 0.676 bits per heavy atom. The second-order valence-electron chi connectivity index (χ2n) is 8.49. The highest BCUT2D eigenvalue weighted by atomic mass is 35.5. The van der Waals surface area contributed by atoms with Gasteiger partial charge in [0.2, 0.25) is 5.91 Å². The van der Waals surface area contributed by atoms with Gasteiger partial charge in [-0.05, 0) is 60.2 Å². The van der Waals surface area contributed by atoms with E-state index >= 15 is 0 Å². The summed E-state index contributed by atoms with van der Waals surface area (Å²) in [5.74, 6) is -1.71. The standard InChI is InChI=1S/C28H29Cl2N3O3S/c29-22-10-4-8-20(16-22)12-14-31-27(35)25(28(36)32-15-13-21-9-5-11-23(30)17-21)33-26(34)24(37)18-19-6-2-1-3-7-19/h1-11,16-17,24-25,37H,12-15,18H2,(H,31,35)(H,32,36)(H,33,34). The number of hydrogen-bond acceptors (Lipinski definition) is 4. The normalized spacial score (nSPS) is 11.6. The molecule has 0 spiro atoms. The zero-order chi connectivity index (χ0) is 26.6. The van der Waals surface area contributed by atoms with E-state index < -0.39 is 29.0 Å². The fraction of sp³-hybridized carbons (Fsp3) is 0.250. The molecule has 3 rings (SSSR count). The molecule has 0 aliphatic rings. The van der Waals surface area contributed by atoms with E-state index in [2.05, 4.69) is 28.6 Å². The van der Waals surface area contributed by atoms with Gasteiger partial charge in [-0.15, -0.1) is 0 Å². The summed E-state index contributed by atoms with van der Waals surface area (Å²) in [7, 11) is 0. The highest BCUT2D eigenvalue weighted by Gasteiger charge is 2.30. The van der Waals surface area contributed by atoms with Crippen molar-refractivity contribution in [3.8, 4) is 0 Å². The molecule has 6 nitrogen and oxygen atoms in total. The lowest BCUT2D eigenvalue weighted by molar-refractivity contribution is -0.136. The van der Waals surface area contributed by atoms with Crippen LogP contribution in [0.25, 0.3) is 0 Å². The van der Waals surface area contributed by atoms with Crippen LogP contribution >= 0.6 is 35.8 Å². The minimum absolute atomic E-state index is 0.273. The summed E-state index contributed by atoms with van der Waals surface area (Å²) >= 11 is 16.4. The summed E-state index contributed by atoms with van der Waals surface area (Å²) in [6.45, 7) is 0.547. The van der Waals surface area contributed by atoms with E-state index in [1.807, 2.05) is 66.7 Å². The Morgan fingerprint density at radius 3 is 1.65 bits per heavy atom. The Balaban J connectivity index is 1.61. The van der Waals surface area contributed by atoms with Crippen molar-refractivity contribution in [2.75, 3.05) is 13.1 Å². The smallest absolute Gasteiger partial charge is 0.252 e. The number of carbonyl (C=O) groups is 3. The Kier molecular flexibility index (Phi) is 11.3. The number of hydrogen-bond donors (Lipinski definition) is 4. The van der Waals surface area contributed by atoms with Crippen LogP contribution in [0.2, 0.25) is 10.0 Å². The number of rotatable bonds is 12. The maximum atomic E-state index is 13.0. The van der Waals surface area contributed by atoms with E-state index in [0.29, 0.717) is 29.3 Å². The Hall–Kier alpha value is -3.00. The summed E-state index contributed by atoms with van der Waals surface area (Å²) in [6, 6.07) is 22.6. The molecule has 0 radical (unpaired) electrons. The summed E-state index contributed by atoms with van der Waals surface area (Å²) in [5, 5.41) is 8.53. The molecule has 3 aromatic rings. The number of carbonyl (C=O) groups excluding carboxylic acids is 3. The van der Waals surface area contributed by atoms with Crippen LogP contribution in [0, 0.1) is 0 Å². The van der Waals surface area contributed by atoms with E-state index in [-0.39, 0.29) is 13.1 Å². The van der Waals surface area contributed by atoms with Crippen molar-refractivity contribution in [1.29, 1.82) is 0 Å². The third-order valence-corrected chi connectivity index (χ3v) is 6.48. The molecule has 9 heteroatoms. The maximum absolute atomic E-state index is 13.0. The molecule has 0 saturated carbocycles. The van der Waals surface area contributed by atoms with Crippen LogP contribution in [0.3, 0.4) is 0 Å². The summed E-state index contributed by atoms with van der Waals surface area (Å²) in [6.07, 6.45) is 1.40. The van der Waals surface area contributed by atoms with Crippen molar-refractivity contribution in [2.24, 2.45) is 0 Å². The molecule has 0 saturated heterocycles. The van der Waals surface area contributed by atoms with Crippen molar-refractivity contribution in [1.82, 2.24) is 16.0 Å². The minimum Gasteiger partial charge on any atom is -0.354 e. The highest BCUT2D eigenvalue weighted by Crippen LogP contribution is 2.12. The largest absolute Gasteiger partial charge is 0.354 e. The lowest BCUT2D eigenvalue weighted by atomic mass is 10.1. The number of amides is 3. The number of halogens is 2. The molecule has 194 valence electrons. The molecule has 0 aromatic heterocycles. The molecule has 37 heavy (non-hydrogen) atoms. The minimum atomic E-state index is -1.41. The first-order chi connectivity index (χ1) is 17.8. The molecule has 1 unspecified atom stereocenters. The monoisotopic (exact) mass is 557 g/mol. The molecule has 1 atom stereocenters. The van der Waals surface area contributed by atoms with Crippen molar-refractivity contribution >= 4 is 53.6 Å². The second-order valence-corrected chi connectivity index (χ2v) is 9.99. The van der Waals surface area contributed by atoms with E-state index in [0.717, 1.165) is 16.7 Å². The van der Waals surface area contributed by atoms with Gasteiger partial charge in [-0.3, -0.25) is 14.4 Å².